The van der Waals surface area contributed by atoms with Crippen molar-refractivity contribution in [3.05, 3.63) is 0 Å². The maximum absolute atomic E-state index is 11.4. The summed E-state index contributed by atoms with van der Waals surface area (Å²) in [5.41, 5.74) is -0.393. The Morgan fingerprint density at radius 3 is 2.79 bits per heavy atom. The molecule has 1 fully saturated rings. The van der Waals surface area contributed by atoms with Crippen LogP contribution in [-0.4, -0.2) is 37.3 Å². The molecule has 1 aliphatic heterocycles. The molecule has 0 aromatic carbocycles. The summed E-state index contributed by atoms with van der Waals surface area (Å²) in [6.45, 7) is 5.64. The normalized spacial score (nSPS) is 22.9. The molecule has 1 atom stereocenters. The molecule has 14 heavy (non-hydrogen) atoms. The van der Waals surface area contributed by atoms with E-state index in [0.717, 1.165) is 26.0 Å². The number of rotatable bonds is 1. The zero-order valence-electron chi connectivity index (χ0n) is 8.83. The van der Waals surface area contributed by atoms with Gasteiger partial charge in [-0.05, 0) is 0 Å². The third-order valence-corrected chi connectivity index (χ3v) is 5.94. The second-order valence-corrected chi connectivity index (χ2v) is 8.87. The Balaban J connectivity index is 2.25. The van der Waals surface area contributed by atoms with E-state index in [-0.39, 0.29) is 6.09 Å². The quantitative estimate of drug-likeness (QED) is 0.748. The van der Waals surface area contributed by atoms with Crippen LogP contribution >= 0.6 is 10.2 Å². The number of ether oxygens (including phenoxy) is 1. The van der Waals surface area contributed by atoms with Gasteiger partial charge < -0.3 is 0 Å². The molecule has 1 heterocycles. The van der Waals surface area contributed by atoms with Gasteiger partial charge in [-0.1, -0.05) is 0 Å². The van der Waals surface area contributed by atoms with Gasteiger partial charge in [0.1, 0.15) is 0 Å². The van der Waals surface area contributed by atoms with Crippen LogP contribution in [0.5, 0.6) is 0 Å². The number of amides is 1. The van der Waals surface area contributed by atoms with E-state index < -0.39 is 5.60 Å². The van der Waals surface area contributed by atoms with E-state index >= 15 is 0 Å². The molecule has 1 saturated heterocycles. The van der Waals surface area contributed by atoms with Crippen LogP contribution in [0.4, 0.5) is 4.79 Å². The number of nitrogens with one attached hydrogen (secondary N) is 1. The van der Waals surface area contributed by atoms with Crippen LogP contribution in [0.3, 0.4) is 0 Å². The van der Waals surface area contributed by atoms with E-state index in [1.165, 1.54) is 5.32 Å². The standard InChI is InChI=1S/C9H17NO2SSe/c1-9(2,3)12-8(11)10-7-4-5-14-13-6-7/h7H,4-6H2,1-3H3,(H,10,11). The summed E-state index contributed by atoms with van der Waals surface area (Å²) >= 11 is 0.728. The first-order chi connectivity index (χ1) is 6.47. The summed E-state index contributed by atoms with van der Waals surface area (Å²) in [5, 5.41) is 4.15. The average Bonchev–Trinajstić information content (AvgIpc) is 2.02. The predicted molar refractivity (Wildman–Crippen MR) is 60.8 cm³/mol. The Hall–Kier alpha value is 0.139. The third kappa shape index (κ3) is 5.13. The summed E-state index contributed by atoms with van der Waals surface area (Å²) in [6, 6.07) is 0.311. The Morgan fingerprint density at radius 1 is 1.57 bits per heavy atom. The molecule has 0 aliphatic carbocycles. The average molecular weight is 282 g/mol. The molecule has 1 rings (SSSR count). The Kier molecular flexibility index (Phi) is 4.61. The molecule has 0 saturated carbocycles. The number of carbonyl (C=O) groups excluding carboxylic acids is 1. The van der Waals surface area contributed by atoms with Gasteiger partial charge in [-0.15, -0.1) is 0 Å². The number of carbonyl (C=O) groups is 1. The van der Waals surface area contributed by atoms with Crippen molar-refractivity contribution in [3.8, 4) is 0 Å². The molecule has 5 heteroatoms. The topological polar surface area (TPSA) is 38.3 Å². The second kappa shape index (κ2) is 5.29. The van der Waals surface area contributed by atoms with Crippen molar-refractivity contribution >= 4 is 30.1 Å². The zero-order valence-corrected chi connectivity index (χ0v) is 11.4. The number of alkyl carbamates (subject to hydrolysis) is 1. The molecule has 1 aliphatic rings. The van der Waals surface area contributed by atoms with Crippen molar-refractivity contribution in [3.63, 3.8) is 0 Å². The van der Waals surface area contributed by atoms with Crippen molar-refractivity contribution in [2.45, 2.75) is 44.2 Å². The van der Waals surface area contributed by atoms with Crippen LogP contribution in [0.1, 0.15) is 27.2 Å². The molecule has 1 unspecified atom stereocenters. The summed E-state index contributed by atoms with van der Waals surface area (Å²) in [5.74, 6) is 1.04. The Bertz CT molecular complexity index is 199. The summed E-state index contributed by atoms with van der Waals surface area (Å²) in [7, 11) is 1.96. The SMILES string of the molecule is CC(C)(C)OC(=O)NC1CC[Se]SC1. The summed E-state index contributed by atoms with van der Waals surface area (Å²) in [4.78, 5) is 11.4. The van der Waals surface area contributed by atoms with E-state index in [1.54, 1.807) is 0 Å². The van der Waals surface area contributed by atoms with Gasteiger partial charge in [-0.2, -0.15) is 0 Å². The summed E-state index contributed by atoms with van der Waals surface area (Å²) < 4.78 is 5.19. The predicted octanol–water partition coefficient (Wildman–Crippen LogP) is 2.05. The van der Waals surface area contributed by atoms with Gasteiger partial charge in [0.25, 0.3) is 0 Å². The van der Waals surface area contributed by atoms with Crippen molar-refractivity contribution < 1.29 is 9.53 Å². The van der Waals surface area contributed by atoms with Crippen LogP contribution < -0.4 is 5.32 Å². The van der Waals surface area contributed by atoms with E-state index in [4.69, 9.17) is 4.74 Å². The van der Waals surface area contributed by atoms with Gasteiger partial charge in [0.2, 0.25) is 0 Å². The number of hydrogen-bond acceptors (Lipinski definition) is 3. The fourth-order valence-electron chi connectivity index (χ4n) is 1.05. The van der Waals surface area contributed by atoms with Crippen molar-refractivity contribution in [1.82, 2.24) is 5.32 Å². The molecule has 82 valence electrons. The van der Waals surface area contributed by atoms with Crippen molar-refractivity contribution in [2.24, 2.45) is 0 Å². The molecule has 1 amide bonds. The number of hydrogen-bond donors (Lipinski definition) is 1. The van der Waals surface area contributed by atoms with E-state index in [1.807, 2.05) is 31.0 Å². The first-order valence-electron chi connectivity index (χ1n) is 4.71. The Labute approximate surface area is 94.9 Å². The molecule has 0 radical (unpaired) electrons. The molecular weight excluding hydrogens is 265 g/mol. The fraction of sp³-hybridized carbons (Fsp3) is 0.889. The molecule has 3 nitrogen and oxygen atoms in total. The third-order valence-electron chi connectivity index (χ3n) is 1.62. The van der Waals surface area contributed by atoms with E-state index in [0.29, 0.717) is 6.04 Å². The monoisotopic (exact) mass is 283 g/mol. The first kappa shape index (κ1) is 12.2. The van der Waals surface area contributed by atoms with Crippen molar-refractivity contribution in [2.75, 3.05) is 5.75 Å². The van der Waals surface area contributed by atoms with Gasteiger partial charge in [-0.3, -0.25) is 0 Å². The second-order valence-electron chi connectivity index (χ2n) is 4.24. The Morgan fingerprint density at radius 2 is 2.29 bits per heavy atom. The van der Waals surface area contributed by atoms with Gasteiger partial charge in [0, 0.05) is 0 Å². The van der Waals surface area contributed by atoms with Crippen LogP contribution in [0.25, 0.3) is 0 Å². The maximum atomic E-state index is 11.4. The molecular formula is C9H17NO2SSe. The zero-order chi connectivity index (χ0) is 10.6. The van der Waals surface area contributed by atoms with E-state index in [9.17, 15) is 4.79 Å². The molecule has 0 bridgehead atoms. The minimum atomic E-state index is -0.393. The van der Waals surface area contributed by atoms with Crippen LogP contribution in [-0.2, 0) is 4.74 Å². The molecule has 0 spiro atoms. The fourth-order valence-corrected chi connectivity index (χ4v) is 5.36. The van der Waals surface area contributed by atoms with E-state index in [2.05, 4.69) is 5.32 Å². The first-order valence-corrected chi connectivity index (χ1v) is 8.93. The van der Waals surface area contributed by atoms with Crippen LogP contribution in [0.15, 0.2) is 0 Å². The van der Waals surface area contributed by atoms with Gasteiger partial charge in [0.05, 0.1) is 0 Å². The van der Waals surface area contributed by atoms with Crippen LogP contribution in [0.2, 0.25) is 5.32 Å². The van der Waals surface area contributed by atoms with Crippen LogP contribution in [0, 0.1) is 0 Å². The van der Waals surface area contributed by atoms with Gasteiger partial charge in [0.15, 0.2) is 0 Å². The minimum absolute atomic E-state index is 0.280. The van der Waals surface area contributed by atoms with Gasteiger partial charge >= 0.3 is 94.9 Å². The molecule has 1 N–H and O–H groups in total. The molecule has 0 aromatic rings. The summed E-state index contributed by atoms with van der Waals surface area (Å²) in [6.07, 6.45) is 0.823. The van der Waals surface area contributed by atoms with Crippen molar-refractivity contribution in [1.29, 1.82) is 0 Å². The van der Waals surface area contributed by atoms with Gasteiger partial charge in [-0.25, -0.2) is 0 Å². The molecule has 0 aromatic heterocycles.